The van der Waals surface area contributed by atoms with Crippen molar-refractivity contribution >= 4 is 33.6 Å². The second kappa shape index (κ2) is 8.48. The van der Waals surface area contributed by atoms with Gasteiger partial charge in [-0.05, 0) is 31.4 Å². The Morgan fingerprint density at radius 2 is 2.12 bits per heavy atom. The minimum atomic E-state index is 0.788. The summed E-state index contributed by atoms with van der Waals surface area (Å²) in [7, 11) is 0. The summed E-state index contributed by atoms with van der Waals surface area (Å²) in [4.78, 5) is 14.2. The first-order valence-corrected chi connectivity index (χ1v) is 10.2. The summed E-state index contributed by atoms with van der Waals surface area (Å²) in [6, 6.07) is 4.33. The van der Waals surface area contributed by atoms with Crippen LogP contribution >= 0.6 is 22.7 Å². The molecule has 3 rings (SSSR count). The van der Waals surface area contributed by atoms with E-state index >= 15 is 0 Å². The van der Waals surface area contributed by atoms with E-state index < -0.39 is 0 Å². The number of guanidine groups is 1. The third-order valence-corrected chi connectivity index (χ3v) is 5.78. The summed E-state index contributed by atoms with van der Waals surface area (Å²) >= 11 is 3.53. The van der Waals surface area contributed by atoms with E-state index in [0.717, 1.165) is 62.4 Å². The minimum Gasteiger partial charge on any atom is -0.360 e. The van der Waals surface area contributed by atoms with Gasteiger partial charge >= 0.3 is 0 Å². The fourth-order valence-electron chi connectivity index (χ4n) is 2.81. The second-order valence-corrected chi connectivity index (χ2v) is 7.76. The average Bonchev–Trinajstić information content (AvgIpc) is 3.26. The topological polar surface area (TPSA) is 43.8 Å². The number of thiophene rings is 1. The van der Waals surface area contributed by atoms with Crippen molar-refractivity contribution in [3.63, 3.8) is 0 Å². The zero-order chi connectivity index (χ0) is 16.8. The Balaban J connectivity index is 1.54. The van der Waals surface area contributed by atoms with Crippen molar-refractivity contribution in [2.75, 3.05) is 44.2 Å². The number of aliphatic imine (C=N–C) groups is 1. The molecule has 1 fully saturated rings. The monoisotopic (exact) mass is 363 g/mol. The maximum Gasteiger partial charge on any atom is 0.194 e. The van der Waals surface area contributed by atoms with E-state index in [2.05, 4.69) is 56.8 Å². The van der Waals surface area contributed by atoms with Gasteiger partial charge in [0.25, 0.3) is 0 Å². The summed E-state index contributed by atoms with van der Waals surface area (Å²) in [5.74, 6) is 1.04. The molecule has 24 heavy (non-hydrogen) atoms. The maximum absolute atomic E-state index is 4.81. The third-order valence-electron chi connectivity index (χ3n) is 4.03. The molecule has 0 saturated carbocycles. The Kier molecular flexibility index (Phi) is 6.09. The van der Waals surface area contributed by atoms with E-state index in [4.69, 9.17) is 4.99 Å². The molecule has 0 spiro atoms. The average molecular weight is 364 g/mol. The summed E-state index contributed by atoms with van der Waals surface area (Å²) in [5, 5.41) is 10.2. The minimum absolute atomic E-state index is 0.788. The van der Waals surface area contributed by atoms with Gasteiger partial charge in [0.2, 0.25) is 0 Å². The van der Waals surface area contributed by atoms with Gasteiger partial charge in [0, 0.05) is 51.1 Å². The lowest BCUT2D eigenvalue weighted by molar-refractivity contribution is 0.373. The fraction of sp³-hybridized carbons (Fsp3) is 0.529. The number of hydrogen-bond acceptors (Lipinski definition) is 5. The molecule has 0 aromatic carbocycles. The summed E-state index contributed by atoms with van der Waals surface area (Å²) < 4.78 is 0. The molecule has 0 aliphatic carbocycles. The van der Waals surface area contributed by atoms with Crippen molar-refractivity contribution < 1.29 is 0 Å². The predicted octanol–water partition coefficient (Wildman–Crippen LogP) is 2.84. The molecule has 0 bridgehead atoms. The van der Waals surface area contributed by atoms with Gasteiger partial charge in [-0.2, -0.15) is 0 Å². The number of piperazine rings is 1. The Morgan fingerprint density at radius 1 is 1.29 bits per heavy atom. The second-order valence-electron chi connectivity index (χ2n) is 5.77. The van der Waals surface area contributed by atoms with E-state index in [1.807, 2.05) is 11.3 Å². The zero-order valence-electron chi connectivity index (χ0n) is 14.4. The van der Waals surface area contributed by atoms with Gasteiger partial charge in [-0.25, -0.2) is 4.98 Å². The predicted molar refractivity (Wildman–Crippen MR) is 105 cm³/mol. The molecule has 0 amide bonds. The van der Waals surface area contributed by atoms with Gasteiger partial charge in [0.15, 0.2) is 5.96 Å². The molecule has 0 atom stereocenters. The highest BCUT2D eigenvalue weighted by Crippen LogP contribution is 2.22. The van der Waals surface area contributed by atoms with Crippen molar-refractivity contribution in [1.29, 1.82) is 0 Å². The molecular weight excluding hydrogens is 338 g/mol. The smallest absolute Gasteiger partial charge is 0.194 e. The van der Waals surface area contributed by atoms with E-state index in [1.165, 1.54) is 5.00 Å². The molecule has 2 aromatic heterocycles. The number of nitrogens with zero attached hydrogens (tertiary/aromatic N) is 4. The number of thiazole rings is 1. The largest absolute Gasteiger partial charge is 0.360 e. The van der Waals surface area contributed by atoms with Crippen LogP contribution in [0.1, 0.15) is 17.6 Å². The zero-order valence-corrected chi connectivity index (χ0v) is 16.0. The van der Waals surface area contributed by atoms with Crippen LogP contribution in [0.25, 0.3) is 0 Å². The highest BCUT2D eigenvalue weighted by atomic mass is 32.1. The van der Waals surface area contributed by atoms with Crippen molar-refractivity contribution in [2.24, 2.45) is 4.99 Å². The molecule has 3 heterocycles. The van der Waals surface area contributed by atoms with Gasteiger partial charge in [-0.15, -0.1) is 22.7 Å². The molecule has 2 aromatic rings. The lowest BCUT2D eigenvalue weighted by atomic mass is 10.3. The molecule has 5 nitrogen and oxygen atoms in total. The first kappa shape index (κ1) is 17.2. The van der Waals surface area contributed by atoms with Crippen LogP contribution in [0.4, 0.5) is 5.00 Å². The van der Waals surface area contributed by atoms with E-state index in [9.17, 15) is 0 Å². The molecular formula is C17H25N5S2. The Morgan fingerprint density at radius 3 is 2.75 bits per heavy atom. The van der Waals surface area contributed by atoms with Crippen molar-refractivity contribution in [3.05, 3.63) is 33.6 Å². The van der Waals surface area contributed by atoms with Crippen LogP contribution in [0, 0.1) is 6.92 Å². The van der Waals surface area contributed by atoms with Crippen LogP contribution in [0.15, 0.2) is 27.9 Å². The van der Waals surface area contributed by atoms with E-state index in [0.29, 0.717) is 0 Å². The Hall–Kier alpha value is -1.60. The van der Waals surface area contributed by atoms with Crippen molar-refractivity contribution in [3.8, 4) is 0 Å². The van der Waals surface area contributed by atoms with Crippen LogP contribution < -0.4 is 10.2 Å². The SMILES string of the molecule is CCNC(=NCCc1csc(C)n1)N1CCN(c2cccs2)CC1. The van der Waals surface area contributed by atoms with Crippen LogP contribution in [0.2, 0.25) is 0 Å². The highest BCUT2D eigenvalue weighted by molar-refractivity contribution is 7.14. The van der Waals surface area contributed by atoms with Crippen LogP contribution in [0.5, 0.6) is 0 Å². The van der Waals surface area contributed by atoms with Crippen molar-refractivity contribution in [2.45, 2.75) is 20.3 Å². The Labute approximate surface area is 152 Å². The number of hydrogen-bond donors (Lipinski definition) is 1. The number of aromatic nitrogens is 1. The Bertz CT molecular complexity index is 642. The lowest BCUT2D eigenvalue weighted by Crippen LogP contribution is -2.52. The molecule has 1 N–H and O–H groups in total. The standard InChI is InChI=1S/C17H25N5S2/c1-3-18-17(19-7-6-15-13-24-14(2)20-15)22-10-8-21(9-11-22)16-5-4-12-23-16/h4-5,12-13H,3,6-11H2,1-2H3,(H,18,19). The maximum atomic E-state index is 4.81. The first-order chi connectivity index (χ1) is 11.8. The lowest BCUT2D eigenvalue weighted by Gasteiger charge is -2.37. The summed E-state index contributed by atoms with van der Waals surface area (Å²) in [6.45, 7) is 10.00. The van der Waals surface area contributed by atoms with Crippen molar-refractivity contribution in [1.82, 2.24) is 15.2 Å². The quantitative estimate of drug-likeness (QED) is 0.655. The fourth-order valence-corrected chi connectivity index (χ4v) is 4.25. The van der Waals surface area contributed by atoms with Crippen LogP contribution in [-0.4, -0.2) is 55.1 Å². The van der Waals surface area contributed by atoms with E-state index in [-0.39, 0.29) is 0 Å². The molecule has 1 aliphatic heterocycles. The van der Waals surface area contributed by atoms with Gasteiger partial charge < -0.3 is 15.1 Å². The van der Waals surface area contributed by atoms with Gasteiger partial charge in [0.05, 0.1) is 15.7 Å². The molecule has 7 heteroatoms. The number of nitrogens with one attached hydrogen (secondary N) is 1. The van der Waals surface area contributed by atoms with Crippen LogP contribution in [0.3, 0.4) is 0 Å². The van der Waals surface area contributed by atoms with E-state index in [1.54, 1.807) is 11.3 Å². The summed E-state index contributed by atoms with van der Waals surface area (Å²) in [6.07, 6.45) is 0.911. The normalized spacial score (nSPS) is 15.8. The van der Waals surface area contributed by atoms with Gasteiger partial charge in [-0.1, -0.05) is 0 Å². The molecule has 1 saturated heterocycles. The highest BCUT2D eigenvalue weighted by Gasteiger charge is 2.20. The first-order valence-electron chi connectivity index (χ1n) is 8.49. The van der Waals surface area contributed by atoms with Gasteiger partial charge in [-0.3, -0.25) is 4.99 Å². The molecule has 130 valence electrons. The molecule has 0 radical (unpaired) electrons. The molecule has 1 aliphatic rings. The molecule has 0 unspecified atom stereocenters. The summed E-state index contributed by atoms with van der Waals surface area (Å²) in [5.41, 5.74) is 1.15. The van der Waals surface area contributed by atoms with Crippen LogP contribution in [-0.2, 0) is 6.42 Å². The third kappa shape index (κ3) is 4.48. The number of anilines is 1. The van der Waals surface area contributed by atoms with Gasteiger partial charge in [0.1, 0.15) is 0 Å². The number of rotatable bonds is 5. The number of aryl methyl sites for hydroxylation is 1.